The van der Waals surface area contributed by atoms with E-state index in [4.69, 9.17) is 21.5 Å². The van der Waals surface area contributed by atoms with Crippen LogP contribution in [-0.4, -0.2) is 50.7 Å². The average Bonchev–Trinajstić information content (AvgIpc) is 3.20. The molecule has 1 aromatic heterocycles. The SMILES string of the molecule is CC(=O)O.CC1=C(CC(=O)O)C2=C(Cl)C(O)=CCC2N1C(=O)c1ccc(OC(F)F)s1. The molecule has 1 aliphatic carbocycles. The summed E-state index contributed by atoms with van der Waals surface area (Å²) in [5.41, 5.74) is 1.14. The van der Waals surface area contributed by atoms with Gasteiger partial charge >= 0.3 is 12.6 Å². The second-order valence-electron chi connectivity index (χ2n) is 6.39. The molecule has 0 aromatic carbocycles. The summed E-state index contributed by atoms with van der Waals surface area (Å²) in [5.74, 6) is -2.59. The van der Waals surface area contributed by atoms with Crippen molar-refractivity contribution in [2.75, 3.05) is 0 Å². The van der Waals surface area contributed by atoms with Gasteiger partial charge in [0.05, 0.1) is 22.4 Å². The molecule has 0 saturated carbocycles. The van der Waals surface area contributed by atoms with E-state index in [0.717, 1.165) is 18.3 Å². The molecule has 0 spiro atoms. The van der Waals surface area contributed by atoms with E-state index in [2.05, 4.69) is 4.74 Å². The first-order chi connectivity index (χ1) is 14.4. The molecule has 8 nitrogen and oxygen atoms in total. The number of halogens is 3. The van der Waals surface area contributed by atoms with Crippen molar-refractivity contribution in [1.29, 1.82) is 0 Å². The molecule has 31 heavy (non-hydrogen) atoms. The van der Waals surface area contributed by atoms with Crippen LogP contribution in [0.2, 0.25) is 0 Å². The van der Waals surface area contributed by atoms with Crippen LogP contribution in [0.4, 0.5) is 8.78 Å². The summed E-state index contributed by atoms with van der Waals surface area (Å²) >= 11 is 6.95. The summed E-state index contributed by atoms with van der Waals surface area (Å²) in [4.78, 5) is 34.8. The summed E-state index contributed by atoms with van der Waals surface area (Å²) in [5, 5.41) is 26.4. The molecule has 1 aromatic rings. The van der Waals surface area contributed by atoms with Crippen LogP contribution in [-0.2, 0) is 9.59 Å². The number of rotatable bonds is 5. The molecule has 1 amide bonds. The smallest absolute Gasteiger partial charge is 0.388 e. The molecule has 2 aliphatic rings. The number of thiophene rings is 1. The Bertz CT molecular complexity index is 995. The van der Waals surface area contributed by atoms with Crippen molar-refractivity contribution in [1.82, 2.24) is 4.90 Å². The fourth-order valence-corrected chi connectivity index (χ4v) is 4.34. The Morgan fingerprint density at radius 1 is 1.32 bits per heavy atom. The molecule has 12 heteroatoms. The maximum Gasteiger partial charge on any atom is 0.388 e. The zero-order valence-corrected chi connectivity index (χ0v) is 17.8. The highest BCUT2D eigenvalue weighted by molar-refractivity contribution is 7.15. The number of alkyl halides is 2. The molecule has 1 atom stereocenters. The second-order valence-corrected chi connectivity index (χ2v) is 7.82. The molecule has 0 saturated heterocycles. The zero-order chi connectivity index (χ0) is 23.5. The number of aliphatic hydroxyl groups is 1. The van der Waals surface area contributed by atoms with Crippen LogP contribution in [0.1, 0.15) is 36.4 Å². The van der Waals surface area contributed by atoms with Crippen molar-refractivity contribution < 1.29 is 43.2 Å². The topological polar surface area (TPSA) is 124 Å². The minimum atomic E-state index is -3.00. The van der Waals surface area contributed by atoms with Crippen LogP contribution in [0.3, 0.4) is 0 Å². The molecule has 0 bridgehead atoms. The number of nitrogens with zero attached hydrogens (tertiary/aromatic N) is 1. The van der Waals surface area contributed by atoms with Gasteiger partial charge in [0, 0.05) is 18.2 Å². The maximum atomic E-state index is 13.0. The number of carboxylic acid groups (broad SMARTS) is 2. The monoisotopic (exact) mass is 477 g/mol. The Balaban J connectivity index is 0.000000785. The minimum Gasteiger partial charge on any atom is -0.507 e. The van der Waals surface area contributed by atoms with Crippen molar-refractivity contribution in [2.24, 2.45) is 0 Å². The van der Waals surface area contributed by atoms with Gasteiger partial charge < -0.3 is 25.0 Å². The van der Waals surface area contributed by atoms with E-state index in [0.29, 0.717) is 16.8 Å². The maximum absolute atomic E-state index is 13.0. The lowest BCUT2D eigenvalue weighted by molar-refractivity contribution is -0.136. The van der Waals surface area contributed by atoms with E-state index in [1.54, 1.807) is 6.92 Å². The summed E-state index contributed by atoms with van der Waals surface area (Å²) in [6, 6.07) is 2.07. The fraction of sp³-hybridized carbons (Fsp3) is 0.316. The Hall–Kier alpha value is -2.92. The third-order valence-electron chi connectivity index (χ3n) is 4.31. The van der Waals surface area contributed by atoms with Crippen LogP contribution in [0.5, 0.6) is 5.06 Å². The molecule has 1 aliphatic heterocycles. The Morgan fingerprint density at radius 3 is 2.48 bits per heavy atom. The number of aliphatic hydroxyl groups excluding tert-OH is 1. The molecular weight excluding hydrogens is 460 g/mol. The van der Waals surface area contributed by atoms with E-state index >= 15 is 0 Å². The molecule has 168 valence electrons. The molecule has 3 N–H and O–H groups in total. The number of carboxylic acids is 2. The van der Waals surface area contributed by atoms with E-state index in [-0.39, 0.29) is 33.6 Å². The van der Waals surface area contributed by atoms with E-state index in [1.165, 1.54) is 23.1 Å². The first-order valence-electron chi connectivity index (χ1n) is 8.72. The number of hydrogen-bond donors (Lipinski definition) is 3. The van der Waals surface area contributed by atoms with Gasteiger partial charge in [0.15, 0.2) is 5.06 Å². The van der Waals surface area contributed by atoms with Crippen LogP contribution >= 0.6 is 22.9 Å². The highest BCUT2D eigenvalue weighted by Gasteiger charge is 2.42. The van der Waals surface area contributed by atoms with Crippen molar-refractivity contribution in [2.45, 2.75) is 39.3 Å². The third-order valence-corrected chi connectivity index (χ3v) is 5.67. The van der Waals surface area contributed by atoms with Crippen LogP contribution < -0.4 is 4.74 Å². The standard InChI is InChI=1S/C17H14ClF2NO5S.C2H4O2/c1-7-8(6-12(23)24)14-9(2-3-10(22)15(14)18)21(7)16(25)11-4-5-13(27-11)26-17(19)20;1-2(3)4/h3-5,9,17,22H,2,6H2,1H3,(H,23,24);1H3,(H,3,4). The molecule has 3 rings (SSSR count). The lowest BCUT2D eigenvalue weighted by Gasteiger charge is -2.28. The van der Waals surface area contributed by atoms with Crippen molar-refractivity contribution in [3.05, 3.63) is 50.7 Å². The van der Waals surface area contributed by atoms with Gasteiger partial charge in [-0.25, -0.2) is 0 Å². The summed E-state index contributed by atoms with van der Waals surface area (Å²) in [6.45, 7) is -0.325. The van der Waals surface area contributed by atoms with E-state index in [9.17, 15) is 28.6 Å². The Labute approximate surface area is 184 Å². The third kappa shape index (κ3) is 5.61. The summed E-state index contributed by atoms with van der Waals surface area (Å²) < 4.78 is 29.0. The minimum absolute atomic E-state index is 0.00468. The van der Waals surface area contributed by atoms with E-state index < -0.39 is 30.5 Å². The molecule has 0 fully saturated rings. The average molecular weight is 478 g/mol. The lowest BCUT2D eigenvalue weighted by atomic mass is 9.92. The van der Waals surface area contributed by atoms with Gasteiger partial charge in [-0.1, -0.05) is 22.9 Å². The van der Waals surface area contributed by atoms with Gasteiger partial charge in [0.2, 0.25) is 0 Å². The van der Waals surface area contributed by atoms with Crippen molar-refractivity contribution in [3.8, 4) is 5.06 Å². The number of allylic oxidation sites excluding steroid dienone is 2. The first kappa shape index (κ1) is 24.4. The molecular formula is C19H18ClF2NO7S. The normalized spacial score (nSPS) is 17.8. The number of amides is 1. The Morgan fingerprint density at radius 2 is 1.94 bits per heavy atom. The lowest BCUT2D eigenvalue weighted by Crippen LogP contribution is -2.36. The van der Waals surface area contributed by atoms with Crippen molar-refractivity contribution in [3.63, 3.8) is 0 Å². The quantitative estimate of drug-likeness (QED) is 0.575. The van der Waals surface area contributed by atoms with Gasteiger partial charge in [-0.15, -0.1) is 0 Å². The number of carbonyl (C=O) groups is 3. The number of fused-ring (bicyclic) bond motifs is 1. The first-order valence-corrected chi connectivity index (χ1v) is 9.92. The number of aliphatic carboxylic acids is 2. The zero-order valence-electron chi connectivity index (χ0n) is 16.3. The second kappa shape index (κ2) is 9.92. The fourth-order valence-electron chi connectivity index (χ4n) is 3.23. The number of hydrogen-bond acceptors (Lipinski definition) is 6. The van der Waals surface area contributed by atoms with Gasteiger partial charge in [0.1, 0.15) is 5.76 Å². The van der Waals surface area contributed by atoms with Gasteiger partial charge in [0.25, 0.3) is 11.9 Å². The summed E-state index contributed by atoms with van der Waals surface area (Å²) in [6.07, 6.45) is 1.33. The van der Waals surface area contributed by atoms with Crippen LogP contribution in [0, 0.1) is 0 Å². The Kier molecular flexibility index (Phi) is 7.80. The van der Waals surface area contributed by atoms with Gasteiger partial charge in [-0.2, -0.15) is 8.78 Å². The summed E-state index contributed by atoms with van der Waals surface area (Å²) in [7, 11) is 0. The number of ether oxygens (including phenoxy) is 1. The highest BCUT2D eigenvalue weighted by atomic mass is 35.5. The van der Waals surface area contributed by atoms with Gasteiger partial charge in [-0.3, -0.25) is 14.4 Å². The predicted molar refractivity (Wildman–Crippen MR) is 107 cm³/mol. The van der Waals surface area contributed by atoms with Crippen LogP contribution in [0.25, 0.3) is 0 Å². The van der Waals surface area contributed by atoms with Crippen LogP contribution in [0.15, 0.2) is 45.8 Å². The predicted octanol–water partition coefficient (Wildman–Crippen LogP) is 4.35. The molecule has 0 radical (unpaired) electrons. The van der Waals surface area contributed by atoms with E-state index in [1.807, 2.05) is 0 Å². The largest absolute Gasteiger partial charge is 0.507 e. The molecule has 1 unspecified atom stereocenters. The number of carbonyl (C=O) groups excluding carboxylic acids is 1. The highest BCUT2D eigenvalue weighted by Crippen LogP contribution is 2.45. The molecule has 2 heterocycles. The van der Waals surface area contributed by atoms with Crippen molar-refractivity contribution >= 4 is 40.8 Å². The van der Waals surface area contributed by atoms with Gasteiger partial charge in [-0.05, 0) is 37.1 Å².